The first-order chi connectivity index (χ1) is 5.77. The van der Waals surface area contributed by atoms with Gasteiger partial charge in [-0.1, -0.05) is 0 Å². The zero-order chi connectivity index (χ0) is 8.97. The fourth-order valence-electron chi connectivity index (χ4n) is 0.844. The van der Waals surface area contributed by atoms with Crippen LogP contribution in [-0.2, 0) is 0 Å². The van der Waals surface area contributed by atoms with Crippen molar-refractivity contribution in [3.8, 4) is 6.07 Å². The van der Waals surface area contributed by atoms with Crippen molar-refractivity contribution in [3.63, 3.8) is 0 Å². The molecule has 0 spiro atoms. The number of hydrogen-bond acceptors (Lipinski definition) is 4. The van der Waals surface area contributed by atoms with Crippen LogP contribution in [0, 0.1) is 11.3 Å². The molecule has 1 aromatic heterocycles. The first kappa shape index (κ1) is 8.65. The van der Waals surface area contributed by atoms with Gasteiger partial charge in [0.1, 0.15) is 11.8 Å². The van der Waals surface area contributed by atoms with Crippen LogP contribution in [0.4, 0.5) is 0 Å². The highest BCUT2D eigenvalue weighted by Gasteiger charge is 2.04. The number of aliphatic hydroxyl groups is 1. The van der Waals surface area contributed by atoms with E-state index in [0.29, 0.717) is 5.69 Å². The number of aliphatic hydroxyl groups excluding tert-OH is 1. The molecule has 0 saturated heterocycles. The van der Waals surface area contributed by atoms with E-state index in [2.05, 4.69) is 4.98 Å². The molecule has 12 heavy (non-hydrogen) atoms. The molecule has 0 unspecified atom stereocenters. The molecule has 0 bridgehead atoms. The molecule has 1 aromatic rings. The highest BCUT2D eigenvalue weighted by Crippen LogP contribution is 2.08. The second-order valence-electron chi connectivity index (χ2n) is 2.38. The van der Waals surface area contributed by atoms with Crippen LogP contribution in [0.2, 0.25) is 0 Å². The summed E-state index contributed by atoms with van der Waals surface area (Å²) in [5.74, 6) is 0. The van der Waals surface area contributed by atoms with Gasteiger partial charge in [-0.15, -0.1) is 0 Å². The summed E-state index contributed by atoms with van der Waals surface area (Å²) >= 11 is 0. The van der Waals surface area contributed by atoms with E-state index in [4.69, 9.17) is 16.1 Å². The molecular weight excluding hydrogens is 154 g/mol. The van der Waals surface area contributed by atoms with Crippen LogP contribution < -0.4 is 5.73 Å². The summed E-state index contributed by atoms with van der Waals surface area (Å²) in [6.07, 6.45) is 1.50. The SMILES string of the molecule is N#Cc1cc([C@@H](N)CO)ccn1. The van der Waals surface area contributed by atoms with E-state index in [1.165, 1.54) is 6.20 Å². The van der Waals surface area contributed by atoms with E-state index in [-0.39, 0.29) is 6.61 Å². The fourth-order valence-corrected chi connectivity index (χ4v) is 0.844. The number of pyridine rings is 1. The van der Waals surface area contributed by atoms with Crippen molar-refractivity contribution in [2.24, 2.45) is 5.73 Å². The van der Waals surface area contributed by atoms with Crippen LogP contribution >= 0.6 is 0 Å². The van der Waals surface area contributed by atoms with Gasteiger partial charge in [0, 0.05) is 6.20 Å². The zero-order valence-electron chi connectivity index (χ0n) is 6.44. The molecule has 1 atom stereocenters. The quantitative estimate of drug-likeness (QED) is 0.640. The third-order valence-electron chi connectivity index (χ3n) is 1.52. The van der Waals surface area contributed by atoms with E-state index < -0.39 is 6.04 Å². The Labute approximate surface area is 70.3 Å². The predicted molar refractivity (Wildman–Crippen MR) is 43.0 cm³/mol. The van der Waals surface area contributed by atoms with Gasteiger partial charge in [0.15, 0.2) is 0 Å². The number of hydrogen-bond donors (Lipinski definition) is 2. The van der Waals surface area contributed by atoms with Crippen molar-refractivity contribution in [1.29, 1.82) is 5.26 Å². The van der Waals surface area contributed by atoms with Gasteiger partial charge in [0.25, 0.3) is 0 Å². The first-order valence-electron chi connectivity index (χ1n) is 3.50. The molecule has 1 rings (SSSR count). The highest BCUT2D eigenvalue weighted by atomic mass is 16.3. The van der Waals surface area contributed by atoms with Crippen molar-refractivity contribution in [2.45, 2.75) is 6.04 Å². The second-order valence-corrected chi connectivity index (χ2v) is 2.38. The molecule has 4 nitrogen and oxygen atoms in total. The summed E-state index contributed by atoms with van der Waals surface area (Å²) in [5, 5.41) is 17.2. The fraction of sp³-hybridized carbons (Fsp3) is 0.250. The summed E-state index contributed by atoms with van der Waals surface area (Å²) in [6, 6.07) is 4.72. The molecule has 1 heterocycles. The Hall–Kier alpha value is -1.44. The Morgan fingerprint density at radius 3 is 3.08 bits per heavy atom. The normalized spacial score (nSPS) is 12.1. The van der Waals surface area contributed by atoms with Crippen molar-refractivity contribution in [3.05, 3.63) is 29.6 Å². The third kappa shape index (κ3) is 1.78. The van der Waals surface area contributed by atoms with Crippen molar-refractivity contribution in [2.75, 3.05) is 6.61 Å². The Kier molecular flexibility index (Phi) is 2.75. The predicted octanol–water partition coefficient (Wildman–Crippen LogP) is -0.0546. The van der Waals surface area contributed by atoms with Gasteiger partial charge in [-0.05, 0) is 17.7 Å². The molecule has 0 aliphatic carbocycles. The van der Waals surface area contributed by atoms with Gasteiger partial charge in [0.2, 0.25) is 0 Å². The van der Waals surface area contributed by atoms with E-state index in [1.54, 1.807) is 12.1 Å². The summed E-state index contributed by atoms with van der Waals surface area (Å²) in [4.78, 5) is 3.78. The summed E-state index contributed by atoms with van der Waals surface area (Å²) in [6.45, 7) is -0.130. The topological polar surface area (TPSA) is 82.9 Å². The molecule has 0 amide bonds. The van der Waals surface area contributed by atoms with Crippen LogP contribution in [0.3, 0.4) is 0 Å². The lowest BCUT2D eigenvalue weighted by atomic mass is 10.1. The molecule has 62 valence electrons. The van der Waals surface area contributed by atoms with Crippen molar-refractivity contribution < 1.29 is 5.11 Å². The monoisotopic (exact) mass is 163 g/mol. The molecule has 3 N–H and O–H groups in total. The molecule has 0 aromatic carbocycles. The van der Waals surface area contributed by atoms with Gasteiger partial charge in [-0.25, -0.2) is 4.98 Å². The number of aromatic nitrogens is 1. The Morgan fingerprint density at radius 2 is 2.50 bits per heavy atom. The lowest BCUT2D eigenvalue weighted by Gasteiger charge is -2.06. The van der Waals surface area contributed by atoms with Crippen molar-refractivity contribution >= 4 is 0 Å². The number of nitrogens with zero attached hydrogens (tertiary/aromatic N) is 2. The lowest BCUT2D eigenvalue weighted by molar-refractivity contribution is 0.268. The lowest BCUT2D eigenvalue weighted by Crippen LogP contribution is -2.14. The zero-order valence-corrected chi connectivity index (χ0v) is 6.44. The van der Waals surface area contributed by atoms with Crippen LogP contribution in [0.5, 0.6) is 0 Å². The molecular formula is C8H9N3O. The molecule has 0 aliphatic heterocycles. The maximum Gasteiger partial charge on any atom is 0.140 e. The van der Waals surface area contributed by atoms with Gasteiger partial charge < -0.3 is 10.8 Å². The summed E-state index contributed by atoms with van der Waals surface area (Å²) in [7, 11) is 0. The van der Waals surface area contributed by atoms with Crippen LogP contribution in [-0.4, -0.2) is 16.7 Å². The molecule has 0 fully saturated rings. The maximum atomic E-state index is 8.72. The minimum atomic E-state index is -0.430. The van der Waals surface area contributed by atoms with Crippen LogP contribution in [0.1, 0.15) is 17.3 Å². The maximum absolute atomic E-state index is 8.72. The third-order valence-corrected chi connectivity index (χ3v) is 1.52. The van der Waals surface area contributed by atoms with E-state index in [1.807, 2.05) is 6.07 Å². The molecule has 0 aliphatic rings. The second kappa shape index (κ2) is 3.81. The van der Waals surface area contributed by atoms with E-state index in [0.717, 1.165) is 5.56 Å². The van der Waals surface area contributed by atoms with Gasteiger partial charge >= 0.3 is 0 Å². The minimum absolute atomic E-state index is 0.130. The number of rotatable bonds is 2. The summed E-state index contributed by atoms with van der Waals surface area (Å²) in [5.41, 5.74) is 6.57. The Bertz CT molecular complexity index is 305. The minimum Gasteiger partial charge on any atom is -0.394 e. The van der Waals surface area contributed by atoms with Gasteiger partial charge in [0.05, 0.1) is 12.6 Å². The van der Waals surface area contributed by atoms with Crippen molar-refractivity contribution in [1.82, 2.24) is 4.98 Å². The molecule has 0 saturated carbocycles. The van der Waals surface area contributed by atoms with Crippen LogP contribution in [0.25, 0.3) is 0 Å². The number of nitrogens with two attached hydrogens (primary N) is 1. The van der Waals surface area contributed by atoms with Gasteiger partial charge in [-0.2, -0.15) is 5.26 Å². The highest BCUT2D eigenvalue weighted by molar-refractivity contribution is 5.27. The standard InChI is InChI=1S/C8H9N3O/c9-4-7-3-6(1-2-11-7)8(10)5-12/h1-3,8,12H,5,10H2/t8-/m0/s1. The average Bonchev–Trinajstić information content (AvgIpc) is 2.17. The average molecular weight is 163 g/mol. The largest absolute Gasteiger partial charge is 0.394 e. The van der Waals surface area contributed by atoms with Crippen LogP contribution in [0.15, 0.2) is 18.3 Å². The Morgan fingerprint density at radius 1 is 1.75 bits per heavy atom. The number of nitriles is 1. The smallest absolute Gasteiger partial charge is 0.140 e. The van der Waals surface area contributed by atoms with E-state index >= 15 is 0 Å². The molecule has 4 heteroatoms. The van der Waals surface area contributed by atoms with Gasteiger partial charge in [-0.3, -0.25) is 0 Å². The summed E-state index contributed by atoms with van der Waals surface area (Å²) < 4.78 is 0. The Balaban J connectivity index is 2.95. The first-order valence-corrected chi connectivity index (χ1v) is 3.50. The molecule has 0 radical (unpaired) electrons. The van der Waals surface area contributed by atoms with E-state index in [9.17, 15) is 0 Å².